The highest BCUT2D eigenvalue weighted by atomic mass is 16.1. The molecule has 0 N–H and O–H groups in total. The van der Waals surface area contributed by atoms with Gasteiger partial charge in [-0.05, 0) is 43.9 Å². The number of rotatable bonds is 2. The van der Waals surface area contributed by atoms with Crippen molar-refractivity contribution in [2.75, 3.05) is 0 Å². The summed E-state index contributed by atoms with van der Waals surface area (Å²) in [5.41, 5.74) is 4.57. The molecule has 0 radical (unpaired) electrons. The van der Waals surface area contributed by atoms with E-state index in [0.717, 1.165) is 29.1 Å². The van der Waals surface area contributed by atoms with Crippen molar-refractivity contribution in [2.24, 2.45) is 5.41 Å². The second-order valence-corrected chi connectivity index (χ2v) is 7.03. The molecular formula is C19H21NO2. The van der Waals surface area contributed by atoms with Crippen molar-refractivity contribution >= 4 is 11.6 Å². The van der Waals surface area contributed by atoms with E-state index in [1.165, 1.54) is 0 Å². The average Bonchev–Trinajstić information content (AvgIpc) is 2.74. The van der Waals surface area contributed by atoms with Gasteiger partial charge in [-0.25, -0.2) is 0 Å². The number of Topliss-reactive ketones (excluding diaryl/α,β-unsaturated/α-hetero) is 2. The second-order valence-electron chi connectivity index (χ2n) is 7.03. The summed E-state index contributed by atoms with van der Waals surface area (Å²) in [6.45, 7) is 7.85. The van der Waals surface area contributed by atoms with E-state index in [1.807, 2.05) is 37.3 Å². The molecule has 0 saturated carbocycles. The van der Waals surface area contributed by atoms with Crippen LogP contribution in [0.2, 0.25) is 0 Å². The molecule has 3 nitrogen and oxygen atoms in total. The van der Waals surface area contributed by atoms with Gasteiger partial charge in [0.2, 0.25) is 0 Å². The number of aryl methyl sites for hydroxylation is 1. The fourth-order valence-corrected chi connectivity index (χ4v) is 3.37. The molecule has 0 spiro atoms. The first kappa shape index (κ1) is 14.8. The molecule has 1 aromatic carbocycles. The first-order chi connectivity index (χ1) is 10.3. The summed E-state index contributed by atoms with van der Waals surface area (Å²) < 4.78 is 2.13. The van der Waals surface area contributed by atoms with Gasteiger partial charge in [-0.2, -0.15) is 0 Å². The lowest BCUT2D eigenvalue weighted by molar-refractivity contribution is 0.0910. The van der Waals surface area contributed by atoms with E-state index in [1.54, 1.807) is 6.92 Å². The Bertz CT molecular complexity index is 781. The molecule has 0 bridgehead atoms. The Morgan fingerprint density at radius 1 is 1.18 bits per heavy atom. The number of nitrogens with zero attached hydrogens (tertiary/aromatic N) is 1. The zero-order valence-corrected chi connectivity index (χ0v) is 13.6. The van der Waals surface area contributed by atoms with Crippen molar-refractivity contribution in [1.29, 1.82) is 0 Å². The molecule has 22 heavy (non-hydrogen) atoms. The molecule has 0 unspecified atom stereocenters. The quantitative estimate of drug-likeness (QED) is 0.781. The summed E-state index contributed by atoms with van der Waals surface area (Å²) in [6.07, 6.45) is 1.46. The number of hydrogen-bond donors (Lipinski definition) is 0. The number of fused-ring (bicyclic) bond motifs is 1. The van der Waals surface area contributed by atoms with Crippen LogP contribution < -0.4 is 0 Å². The summed E-state index contributed by atoms with van der Waals surface area (Å²) in [5.74, 6) is 0.271. The number of ketones is 2. The molecule has 3 rings (SSSR count). The number of benzene rings is 1. The molecule has 1 aromatic heterocycles. The van der Waals surface area contributed by atoms with E-state index in [9.17, 15) is 9.59 Å². The Morgan fingerprint density at radius 3 is 2.59 bits per heavy atom. The van der Waals surface area contributed by atoms with Gasteiger partial charge < -0.3 is 4.57 Å². The molecule has 0 atom stereocenters. The van der Waals surface area contributed by atoms with E-state index in [0.29, 0.717) is 12.0 Å². The Balaban J connectivity index is 2.19. The molecule has 0 aliphatic heterocycles. The lowest BCUT2D eigenvalue weighted by Crippen LogP contribution is -2.27. The third-order valence-corrected chi connectivity index (χ3v) is 4.38. The topological polar surface area (TPSA) is 39.1 Å². The second kappa shape index (κ2) is 4.94. The van der Waals surface area contributed by atoms with Crippen LogP contribution in [0.5, 0.6) is 0 Å². The van der Waals surface area contributed by atoms with Crippen LogP contribution in [0.15, 0.2) is 30.3 Å². The van der Waals surface area contributed by atoms with E-state index < -0.39 is 0 Å². The van der Waals surface area contributed by atoms with Gasteiger partial charge in [-0.1, -0.05) is 26.0 Å². The molecule has 3 heteroatoms. The molecule has 0 fully saturated rings. The number of hydrogen-bond acceptors (Lipinski definition) is 2. The number of carbonyl (C=O) groups excluding carboxylic acids is 2. The van der Waals surface area contributed by atoms with Gasteiger partial charge in [0.25, 0.3) is 0 Å². The molecule has 1 aliphatic rings. The number of carbonyl (C=O) groups is 2. The van der Waals surface area contributed by atoms with Gasteiger partial charge in [0, 0.05) is 34.6 Å². The minimum absolute atomic E-state index is 0.0230. The first-order valence-electron chi connectivity index (χ1n) is 7.64. The third-order valence-electron chi connectivity index (χ3n) is 4.38. The smallest absolute Gasteiger partial charge is 0.165 e. The van der Waals surface area contributed by atoms with E-state index in [-0.39, 0.29) is 17.0 Å². The number of aromatic nitrogens is 1. The van der Waals surface area contributed by atoms with Crippen LogP contribution in [-0.2, 0) is 6.42 Å². The first-order valence-corrected chi connectivity index (χ1v) is 7.64. The molecule has 1 aliphatic carbocycles. The zero-order chi connectivity index (χ0) is 16.1. The van der Waals surface area contributed by atoms with Crippen molar-refractivity contribution in [2.45, 2.75) is 40.5 Å². The highest BCUT2D eigenvalue weighted by Crippen LogP contribution is 2.37. The van der Waals surface area contributed by atoms with Gasteiger partial charge in [-0.3, -0.25) is 9.59 Å². The maximum Gasteiger partial charge on any atom is 0.165 e. The van der Waals surface area contributed by atoms with Gasteiger partial charge in [0.1, 0.15) is 0 Å². The fraction of sp³-hybridized carbons (Fsp3) is 0.368. The van der Waals surface area contributed by atoms with E-state index in [4.69, 9.17) is 0 Å². The van der Waals surface area contributed by atoms with Crippen molar-refractivity contribution in [3.63, 3.8) is 0 Å². The van der Waals surface area contributed by atoms with E-state index in [2.05, 4.69) is 18.4 Å². The van der Waals surface area contributed by atoms with Crippen LogP contribution in [-0.4, -0.2) is 16.1 Å². The monoisotopic (exact) mass is 295 g/mol. The molecule has 0 saturated heterocycles. The van der Waals surface area contributed by atoms with Crippen LogP contribution in [0.3, 0.4) is 0 Å². The molecule has 114 valence electrons. The summed E-state index contributed by atoms with van der Waals surface area (Å²) in [4.78, 5) is 24.0. The maximum atomic E-state index is 12.4. The van der Waals surface area contributed by atoms with Crippen LogP contribution in [0.1, 0.15) is 59.3 Å². The Morgan fingerprint density at radius 2 is 1.91 bits per heavy atom. The van der Waals surface area contributed by atoms with E-state index >= 15 is 0 Å². The standard InChI is InChI=1S/C19H21NO2/c1-12-8-16-17(10-19(3,4)11-18(16)22)20(12)15-7-5-6-14(9-15)13(2)21/h5-9H,10-11H2,1-4H3. The highest BCUT2D eigenvalue weighted by molar-refractivity contribution is 5.99. The van der Waals surface area contributed by atoms with Crippen LogP contribution in [0, 0.1) is 12.3 Å². The third kappa shape index (κ3) is 2.41. The zero-order valence-electron chi connectivity index (χ0n) is 13.6. The molecule has 2 aromatic rings. The Labute approximate surface area is 131 Å². The summed E-state index contributed by atoms with van der Waals surface area (Å²) >= 11 is 0. The summed E-state index contributed by atoms with van der Waals surface area (Å²) in [7, 11) is 0. The molecule has 0 amide bonds. The van der Waals surface area contributed by atoms with Crippen molar-refractivity contribution in [3.8, 4) is 5.69 Å². The van der Waals surface area contributed by atoms with Crippen LogP contribution in [0.25, 0.3) is 5.69 Å². The lowest BCUT2D eigenvalue weighted by atomic mass is 9.76. The predicted octanol–water partition coefficient (Wildman–Crippen LogP) is 4.14. The summed E-state index contributed by atoms with van der Waals surface area (Å²) in [6, 6.07) is 9.60. The largest absolute Gasteiger partial charge is 0.317 e. The van der Waals surface area contributed by atoms with Gasteiger partial charge in [0.05, 0.1) is 0 Å². The molecule has 1 heterocycles. The van der Waals surface area contributed by atoms with Crippen molar-refractivity contribution in [3.05, 3.63) is 52.8 Å². The minimum atomic E-state index is -0.0230. The van der Waals surface area contributed by atoms with Crippen LogP contribution >= 0.6 is 0 Å². The van der Waals surface area contributed by atoms with Gasteiger partial charge in [-0.15, -0.1) is 0 Å². The lowest BCUT2D eigenvalue weighted by Gasteiger charge is -2.30. The normalized spacial score (nSPS) is 16.5. The molecular weight excluding hydrogens is 274 g/mol. The SMILES string of the molecule is CC(=O)c1cccc(-n2c(C)cc3c2CC(C)(C)CC3=O)c1. The average molecular weight is 295 g/mol. The van der Waals surface area contributed by atoms with Gasteiger partial charge in [0.15, 0.2) is 11.6 Å². The van der Waals surface area contributed by atoms with Gasteiger partial charge >= 0.3 is 0 Å². The van der Waals surface area contributed by atoms with Crippen molar-refractivity contribution < 1.29 is 9.59 Å². The predicted molar refractivity (Wildman–Crippen MR) is 86.9 cm³/mol. The fourth-order valence-electron chi connectivity index (χ4n) is 3.37. The van der Waals surface area contributed by atoms with Crippen molar-refractivity contribution in [1.82, 2.24) is 4.57 Å². The Hall–Kier alpha value is -2.16. The Kier molecular flexibility index (Phi) is 3.32. The maximum absolute atomic E-state index is 12.4. The van der Waals surface area contributed by atoms with Crippen LogP contribution in [0.4, 0.5) is 0 Å². The summed E-state index contributed by atoms with van der Waals surface area (Å²) in [5, 5.41) is 0. The highest BCUT2D eigenvalue weighted by Gasteiger charge is 2.34. The minimum Gasteiger partial charge on any atom is -0.317 e.